The number of aliphatic hydroxyl groups is 1. The topological polar surface area (TPSA) is 113 Å². The summed E-state index contributed by atoms with van der Waals surface area (Å²) in [5, 5.41) is 9.73. The van der Waals surface area contributed by atoms with Crippen molar-refractivity contribution in [2.45, 2.75) is 37.8 Å². The van der Waals surface area contributed by atoms with Gasteiger partial charge in [0.1, 0.15) is 22.4 Å². The Labute approximate surface area is 194 Å². The molecule has 1 N–H and O–H groups in total. The Morgan fingerprint density at radius 3 is 2.79 bits per heavy atom. The summed E-state index contributed by atoms with van der Waals surface area (Å²) in [4.78, 5) is 22.3. The Morgan fingerprint density at radius 2 is 2.15 bits per heavy atom. The largest absolute Gasteiger partial charge is 0.487 e. The van der Waals surface area contributed by atoms with Gasteiger partial charge in [-0.1, -0.05) is 25.1 Å². The summed E-state index contributed by atoms with van der Waals surface area (Å²) >= 11 is 0. The van der Waals surface area contributed by atoms with E-state index in [0.717, 1.165) is 5.56 Å². The quantitative estimate of drug-likeness (QED) is 0.682. The summed E-state index contributed by atoms with van der Waals surface area (Å²) in [7, 11) is -2.26. The second kappa shape index (κ2) is 10.4. The van der Waals surface area contributed by atoms with E-state index in [9.17, 15) is 18.3 Å². The smallest absolute Gasteiger partial charge is 0.273 e. The van der Waals surface area contributed by atoms with Crippen molar-refractivity contribution in [2.75, 3.05) is 26.7 Å². The molecule has 1 aromatic carbocycles. The molecule has 9 nitrogen and oxygen atoms in total. The van der Waals surface area contributed by atoms with E-state index < -0.39 is 22.2 Å². The van der Waals surface area contributed by atoms with Crippen LogP contribution < -0.4 is 4.74 Å². The number of nitrogens with zero attached hydrogens (tertiary/aromatic N) is 4. The van der Waals surface area contributed by atoms with Gasteiger partial charge in [0.05, 0.1) is 19.3 Å². The second-order valence-electron chi connectivity index (χ2n) is 8.22. The Kier molecular flexibility index (Phi) is 7.83. The molecule has 178 valence electrons. The van der Waals surface area contributed by atoms with Crippen molar-refractivity contribution < 1.29 is 23.1 Å². The molecule has 1 aromatic heterocycles. The fraction of sp³-hybridized carbons (Fsp3) is 0.435. The summed E-state index contributed by atoms with van der Waals surface area (Å²) in [5.41, 5.74) is 1.01. The number of amides is 1. The number of carbonyl (C=O) groups is 1. The first-order chi connectivity index (χ1) is 15.7. The van der Waals surface area contributed by atoms with Crippen LogP contribution >= 0.6 is 0 Å². The lowest BCUT2D eigenvalue weighted by molar-refractivity contribution is 0.0559. The normalized spacial score (nSPS) is 21.5. The maximum atomic E-state index is 13.5. The van der Waals surface area contributed by atoms with Gasteiger partial charge in [0.15, 0.2) is 0 Å². The molecule has 1 aliphatic rings. The minimum atomic E-state index is -3.90. The molecule has 10 heteroatoms. The van der Waals surface area contributed by atoms with E-state index in [4.69, 9.17) is 4.74 Å². The number of allylic oxidation sites excluding steroid dienone is 1. The number of sulfonamides is 1. The van der Waals surface area contributed by atoms with Gasteiger partial charge in [-0.15, -0.1) is 0 Å². The maximum absolute atomic E-state index is 13.5. The zero-order valence-electron chi connectivity index (χ0n) is 19.2. The van der Waals surface area contributed by atoms with Crippen LogP contribution in [0.25, 0.3) is 6.08 Å². The van der Waals surface area contributed by atoms with Gasteiger partial charge < -0.3 is 14.7 Å². The standard InChI is InChI=1S/C23H30N4O5S/c1-5-6-18-7-8-22-20(11-18)32-21(14-26(4)23(29)19-12-24-9-10-25-19)16(2)13-27(17(3)15-28)33(22,30)31/h5-12,16-17,21,28H,13-15H2,1-4H3/b6-5+/t16-,17-,21+/m0/s1. The van der Waals surface area contributed by atoms with Crippen molar-refractivity contribution >= 4 is 22.0 Å². The summed E-state index contributed by atoms with van der Waals surface area (Å²) in [6.45, 7) is 5.45. The monoisotopic (exact) mass is 474 g/mol. The Hall–Kier alpha value is -2.82. The molecule has 0 unspecified atom stereocenters. The van der Waals surface area contributed by atoms with E-state index >= 15 is 0 Å². The predicted molar refractivity (Wildman–Crippen MR) is 124 cm³/mol. The van der Waals surface area contributed by atoms with Crippen molar-refractivity contribution in [2.24, 2.45) is 5.92 Å². The van der Waals surface area contributed by atoms with E-state index in [2.05, 4.69) is 9.97 Å². The maximum Gasteiger partial charge on any atom is 0.273 e. The van der Waals surface area contributed by atoms with Crippen LogP contribution in [0.3, 0.4) is 0 Å². The molecular formula is C23H30N4O5S. The van der Waals surface area contributed by atoms with Crippen LogP contribution in [0.1, 0.15) is 36.8 Å². The third kappa shape index (κ3) is 5.40. The molecule has 0 radical (unpaired) electrons. The highest BCUT2D eigenvalue weighted by Gasteiger charge is 2.38. The summed E-state index contributed by atoms with van der Waals surface area (Å²) in [6, 6.07) is 4.31. The van der Waals surface area contributed by atoms with Crippen molar-refractivity contribution in [3.8, 4) is 5.75 Å². The van der Waals surface area contributed by atoms with Gasteiger partial charge in [0.25, 0.3) is 5.91 Å². The van der Waals surface area contributed by atoms with E-state index in [1.54, 1.807) is 26.1 Å². The highest BCUT2D eigenvalue weighted by Crippen LogP contribution is 2.34. The van der Waals surface area contributed by atoms with Crippen LogP contribution in [0.4, 0.5) is 0 Å². The van der Waals surface area contributed by atoms with E-state index in [-0.39, 0.29) is 47.9 Å². The highest BCUT2D eigenvalue weighted by atomic mass is 32.2. The number of ether oxygens (including phenoxy) is 1. The molecule has 0 fully saturated rings. The minimum absolute atomic E-state index is 0.0378. The minimum Gasteiger partial charge on any atom is -0.487 e. The lowest BCUT2D eigenvalue weighted by Crippen LogP contribution is -2.50. The Morgan fingerprint density at radius 1 is 1.39 bits per heavy atom. The number of aromatic nitrogens is 2. The zero-order chi connectivity index (χ0) is 24.2. The number of hydrogen-bond acceptors (Lipinski definition) is 7. The first-order valence-electron chi connectivity index (χ1n) is 10.8. The first-order valence-corrected chi connectivity index (χ1v) is 12.2. The van der Waals surface area contributed by atoms with E-state index in [0.29, 0.717) is 0 Å². The van der Waals surface area contributed by atoms with Crippen LogP contribution in [0.15, 0.2) is 47.8 Å². The van der Waals surface area contributed by atoms with Gasteiger partial charge >= 0.3 is 0 Å². The molecule has 2 aromatic rings. The molecule has 3 atom stereocenters. The van der Waals surface area contributed by atoms with Crippen molar-refractivity contribution in [3.63, 3.8) is 0 Å². The van der Waals surface area contributed by atoms with E-state index in [1.807, 2.05) is 26.0 Å². The van der Waals surface area contributed by atoms with Crippen LogP contribution in [-0.4, -0.2) is 77.5 Å². The number of carbonyl (C=O) groups excluding carboxylic acids is 1. The van der Waals surface area contributed by atoms with E-state index in [1.165, 1.54) is 33.9 Å². The predicted octanol–water partition coefficient (Wildman–Crippen LogP) is 2.05. The summed E-state index contributed by atoms with van der Waals surface area (Å²) < 4.78 is 34.5. The molecule has 1 amide bonds. The Balaban J connectivity index is 2.01. The van der Waals surface area contributed by atoms with Gasteiger partial charge in [-0.05, 0) is 31.5 Å². The molecule has 2 heterocycles. The molecule has 0 bridgehead atoms. The van der Waals surface area contributed by atoms with Gasteiger partial charge in [-0.25, -0.2) is 13.4 Å². The van der Waals surface area contributed by atoms with Crippen LogP contribution in [-0.2, 0) is 10.0 Å². The van der Waals surface area contributed by atoms with Crippen LogP contribution in [0, 0.1) is 5.92 Å². The molecule has 0 saturated heterocycles. The SMILES string of the molecule is C/C=C/c1ccc2c(c1)O[C@H](CN(C)C(=O)c1cnccn1)[C@@H](C)CN([C@@H](C)CO)S2(=O)=O. The highest BCUT2D eigenvalue weighted by molar-refractivity contribution is 7.89. The molecule has 33 heavy (non-hydrogen) atoms. The van der Waals surface area contributed by atoms with Crippen LogP contribution in [0.2, 0.25) is 0 Å². The van der Waals surface area contributed by atoms with Crippen molar-refractivity contribution in [1.29, 1.82) is 0 Å². The van der Waals surface area contributed by atoms with Crippen molar-refractivity contribution in [3.05, 3.63) is 54.1 Å². The van der Waals surface area contributed by atoms with Gasteiger partial charge in [0.2, 0.25) is 10.0 Å². The fourth-order valence-electron chi connectivity index (χ4n) is 3.71. The molecule has 0 saturated carbocycles. The van der Waals surface area contributed by atoms with Gasteiger partial charge in [-0.3, -0.25) is 9.78 Å². The Bertz CT molecular complexity index is 1110. The zero-order valence-corrected chi connectivity index (χ0v) is 20.1. The average molecular weight is 475 g/mol. The molecule has 0 spiro atoms. The lowest BCUT2D eigenvalue weighted by Gasteiger charge is -2.37. The number of fused-ring (bicyclic) bond motifs is 1. The first kappa shape index (κ1) is 24.8. The number of rotatable bonds is 6. The third-order valence-electron chi connectivity index (χ3n) is 5.63. The molecule has 3 rings (SSSR count). The van der Waals surface area contributed by atoms with Crippen molar-refractivity contribution in [1.82, 2.24) is 19.2 Å². The summed E-state index contributed by atoms with van der Waals surface area (Å²) in [6.07, 6.45) is 7.55. The molecular weight excluding hydrogens is 444 g/mol. The number of aliphatic hydroxyl groups excluding tert-OH is 1. The average Bonchev–Trinajstić information content (AvgIpc) is 2.81. The van der Waals surface area contributed by atoms with Gasteiger partial charge in [0, 0.05) is 37.9 Å². The number of benzene rings is 1. The molecule has 1 aliphatic heterocycles. The third-order valence-corrected chi connectivity index (χ3v) is 7.65. The van der Waals surface area contributed by atoms with Gasteiger partial charge in [-0.2, -0.15) is 4.31 Å². The number of likely N-dealkylation sites (N-methyl/N-ethyl adjacent to an activating group) is 1. The summed E-state index contributed by atoms with van der Waals surface area (Å²) in [5.74, 6) is -0.362. The second-order valence-corrected chi connectivity index (χ2v) is 10.1. The number of hydrogen-bond donors (Lipinski definition) is 1. The van der Waals surface area contributed by atoms with Crippen LogP contribution in [0.5, 0.6) is 5.75 Å². The lowest BCUT2D eigenvalue weighted by atomic mass is 10.0. The fourth-order valence-corrected chi connectivity index (χ4v) is 5.54. The molecule has 0 aliphatic carbocycles.